The summed E-state index contributed by atoms with van der Waals surface area (Å²) in [6.07, 6.45) is 3.44. The largest absolute Gasteiger partial charge is 0.290 e. The third-order valence-electron chi connectivity index (χ3n) is 3.40. The van der Waals surface area contributed by atoms with Gasteiger partial charge in [0.15, 0.2) is 12.2 Å². The van der Waals surface area contributed by atoms with E-state index < -0.39 is 0 Å². The number of Topliss-reactive ketones (excluding diaryl/α,β-unsaturated/α-hetero) is 1. The minimum absolute atomic E-state index is 0. The number of ketones is 1. The van der Waals surface area contributed by atoms with Gasteiger partial charge in [0.05, 0.1) is 6.20 Å². The minimum atomic E-state index is -0.352. The number of hydrogen-bond acceptors (Lipinski definition) is 2. The van der Waals surface area contributed by atoms with Gasteiger partial charge in [-0.25, -0.2) is 8.96 Å². The maximum Gasteiger partial charge on any atom is 0.287 e. The maximum absolute atomic E-state index is 12.9. The molecule has 122 valence electrons. The highest BCUT2D eigenvalue weighted by Gasteiger charge is 2.12. The van der Waals surface area contributed by atoms with Gasteiger partial charge < -0.3 is 0 Å². The molecule has 2 aromatic carbocycles. The van der Waals surface area contributed by atoms with E-state index in [1.54, 1.807) is 10.9 Å². The number of nitrogens with zero attached hydrogens (tertiary/aromatic N) is 2. The second-order valence-electron chi connectivity index (χ2n) is 5.05. The van der Waals surface area contributed by atoms with Crippen LogP contribution in [0.15, 0.2) is 71.6 Å². The Hall–Kier alpha value is -1.92. The second-order valence-corrected chi connectivity index (χ2v) is 5.97. The van der Waals surface area contributed by atoms with Crippen molar-refractivity contribution in [3.63, 3.8) is 0 Å². The Labute approximate surface area is 158 Å². The molecule has 6 heteroatoms. The number of rotatable bonds is 4. The number of hydrogen-bond donors (Lipinski definition) is 0. The smallest absolute Gasteiger partial charge is 0.287 e. The van der Waals surface area contributed by atoms with E-state index in [0.29, 0.717) is 5.56 Å². The fourth-order valence-electron chi connectivity index (χ4n) is 2.16. The summed E-state index contributed by atoms with van der Waals surface area (Å²) in [4.78, 5) is 16.5. The van der Waals surface area contributed by atoms with Crippen LogP contribution in [0.2, 0.25) is 0 Å². The Bertz CT molecular complexity index is 819. The van der Waals surface area contributed by atoms with Crippen molar-refractivity contribution in [1.82, 2.24) is 4.98 Å². The van der Waals surface area contributed by atoms with Gasteiger partial charge in [0.25, 0.3) is 6.33 Å². The molecule has 0 bridgehead atoms. The molecule has 0 atom stereocenters. The standard InChI is InChI=1S/C18H13BrFN2O.BrH/c19-15-5-1-13(2-6-15)17-9-10-22(12-21-17)11-18(23)14-3-7-16(20)8-4-14;/h1-10,12H,11H2;1H/q+1;. The van der Waals surface area contributed by atoms with Crippen molar-refractivity contribution in [2.24, 2.45) is 0 Å². The molecule has 0 saturated carbocycles. The molecule has 0 amide bonds. The molecule has 1 aromatic heterocycles. The molecule has 0 saturated heterocycles. The quantitative estimate of drug-likeness (QED) is 0.434. The summed E-state index contributed by atoms with van der Waals surface area (Å²) >= 11 is 3.40. The molecular formula is C18H14Br2FN2O+. The van der Waals surface area contributed by atoms with Crippen LogP contribution in [-0.4, -0.2) is 10.8 Å². The van der Waals surface area contributed by atoms with E-state index in [1.807, 2.05) is 36.5 Å². The van der Waals surface area contributed by atoms with Gasteiger partial charge in [-0.3, -0.25) is 4.79 Å². The van der Waals surface area contributed by atoms with E-state index in [-0.39, 0.29) is 35.1 Å². The van der Waals surface area contributed by atoms with E-state index >= 15 is 0 Å². The van der Waals surface area contributed by atoms with Crippen LogP contribution in [0, 0.1) is 5.82 Å². The molecule has 0 aliphatic carbocycles. The highest BCUT2D eigenvalue weighted by atomic mass is 79.9. The van der Waals surface area contributed by atoms with Crippen LogP contribution in [0.4, 0.5) is 4.39 Å². The summed E-state index contributed by atoms with van der Waals surface area (Å²) in [5, 5.41) is 0. The predicted molar refractivity (Wildman–Crippen MR) is 98.6 cm³/mol. The van der Waals surface area contributed by atoms with Gasteiger partial charge in [-0.1, -0.05) is 15.9 Å². The molecule has 0 radical (unpaired) electrons. The molecule has 0 N–H and O–H groups in total. The fourth-order valence-corrected chi connectivity index (χ4v) is 2.43. The van der Waals surface area contributed by atoms with E-state index in [0.717, 1.165) is 15.7 Å². The van der Waals surface area contributed by atoms with Crippen molar-refractivity contribution in [2.75, 3.05) is 0 Å². The summed E-state index contributed by atoms with van der Waals surface area (Å²) in [6.45, 7) is 0.166. The highest BCUT2D eigenvalue weighted by Crippen LogP contribution is 2.18. The van der Waals surface area contributed by atoms with Crippen LogP contribution < -0.4 is 4.57 Å². The van der Waals surface area contributed by atoms with Crippen molar-refractivity contribution < 1.29 is 13.8 Å². The lowest BCUT2D eigenvalue weighted by Gasteiger charge is -2.01. The Morgan fingerprint density at radius 3 is 2.29 bits per heavy atom. The van der Waals surface area contributed by atoms with Crippen LogP contribution in [0.25, 0.3) is 11.3 Å². The predicted octanol–water partition coefficient (Wildman–Crippen LogP) is 4.40. The number of carbonyl (C=O) groups is 1. The lowest BCUT2D eigenvalue weighted by atomic mass is 10.1. The first kappa shape index (κ1) is 18.4. The topological polar surface area (TPSA) is 33.8 Å². The van der Waals surface area contributed by atoms with Crippen LogP contribution >= 0.6 is 32.9 Å². The van der Waals surface area contributed by atoms with E-state index in [9.17, 15) is 9.18 Å². The maximum atomic E-state index is 12.9. The van der Waals surface area contributed by atoms with Crippen molar-refractivity contribution in [3.8, 4) is 11.3 Å². The van der Waals surface area contributed by atoms with Crippen LogP contribution in [-0.2, 0) is 6.54 Å². The van der Waals surface area contributed by atoms with Crippen molar-refractivity contribution in [3.05, 3.63) is 83.0 Å². The number of carbonyl (C=O) groups excluding carboxylic acids is 1. The van der Waals surface area contributed by atoms with Crippen molar-refractivity contribution >= 4 is 38.7 Å². The summed E-state index contributed by atoms with van der Waals surface area (Å²) in [7, 11) is 0. The van der Waals surface area contributed by atoms with Gasteiger partial charge in [-0.15, -0.1) is 17.0 Å². The minimum Gasteiger partial charge on any atom is -0.290 e. The van der Waals surface area contributed by atoms with Gasteiger partial charge in [-0.05, 0) is 53.5 Å². The normalized spacial score (nSPS) is 10.1. The molecule has 0 unspecified atom stereocenters. The summed E-state index contributed by atoms with van der Waals surface area (Å²) in [5.41, 5.74) is 2.32. The zero-order valence-electron chi connectivity index (χ0n) is 12.5. The van der Waals surface area contributed by atoms with Crippen LogP contribution in [0.5, 0.6) is 0 Å². The van der Waals surface area contributed by atoms with Crippen LogP contribution in [0.3, 0.4) is 0 Å². The fraction of sp³-hybridized carbons (Fsp3) is 0.0556. The molecule has 24 heavy (non-hydrogen) atoms. The van der Waals surface area contributed by atoms with E-state index in [4.69, 9.17) is 0 Å². The Kier molecular flexibility index (Phi) is 6.34. The van der Waals surface area contributed by atoms with Gasteiger partial charge in [0.2, 0.25) is 5.78 Å². The van der Waals surface area contributed by atoms with E-state index in [1.165, 1.54) is 24.3 Å². The second kappa shape index (κ2) is 8.26. The Morgan fingerprint density at radius 2 is 1.71 bits per heavy atom. The summed E-state index contributed by atoms with van der Waals surface area (Å²) < 4.78 is 15.6. The van der Waals surface area contributed by atoms with Crippen molar-refractivity contribution in [1.29, 1.82) is 0 Å². The zero-order valence-corrected chi connectivity index (χ0v) is 15.8. The molecule has 0 aliphatic rings. The first-order chi connectivity index (χ1) is 11.1. The third kappa shape index (κ3) is 4.55. The van der Waals surface area contributed by atoms with Gasteiger partial charge in [0, 0.05) is 21.7 Å². The average Bonchev–Trinajstić information content (AvgIpc) is 2.57. The molecule has 0 fully saturated rings. The SMILES string of the molecule is Br.O=C(C[n+]1ccc(-c2ccc(Br)cc2)nc1)c1ccc(F)cc1. The third-order valence-corrected chi connectivity index (χ3v) is 3.93. The zero-order chi connectivity index (χ0) is 16.2. The molecule has 0 aliphatic heterocycles. The van der Waals surface area contributed by atoms with Gasteiger partial charge >= 0.3 is 0 Å². The first-order valence-corrected chi connectivity index (χ1v) is 7.81. The van der Waals surface area contributed by atoms with E-state index in [2.05, 4.69) is 20.9 Å². The number of aromatic nitrogens is 2. The van der Waals surface area contributed by atoms with Crippen molar-refractivity contribution in [2.45, 2.75) is 6.54 Å². The molecule has 1 heterocycles. The molecule has 3 aromatic rings. The lowest BCUT2D eigenvalue weighted by molar-refractivity contribution is -0.686. The highest BCUT2D eigenvalue weighted by molar-refractivity contribution is 9.10. The molecule has 3 rings (SSSR count). The summed E-state index contributed by atoms with van der Waals surface area (Å²) in [6, 6.07) is 15.3. The number of halogens is 3. The molecule has 0 spiro atoms. The Balaban J connectivity index is 0.00000208. The first-order valence-electron chi connectivity index (χ1n) is 7.01. The van der Waals surface area contributed by atoms with Gasteiger partial charge in [0.1, 0.15) is 5.82 Å². The average molecular weight is 453 g/mol. The summed E-state index contributed by atoms with van der Waals surface area (Å²) in [5.74, 6) is -0.442. The lowest BCUT2D eigenvalue weighted by Crippen LogP contribution is -2.37. The Morgan fingerprint density at radius 1 is 1.04 bits per heavy atom. The molecular weight excluding hydrogens is 439 g/mol. The number of benzene rings is 2. The van der Waals surface area contributed by atoms with Crippen LogP contribution in [0.1, 0.15) is 10.4 Å². The monoisotopic (exact) mass is 451 g/mol. The molecule has 3 nitrogen and oxygen atoms in total. The van der Waals surface area contributed by atoms with Gasteiger partial charge in [-0.2, -0.15) is 0 Å².